The summed E-state index contributed by atoms with van der Waals surface area (Å²) in [4.78, 5) is 11.7. The fourth-order valence-electron chi connectivity index (χ4n) is 1.64. The average Bonchev–Trinajstić information content (AvgIpc) is 2.35. The first kappa shape index (κ1) is 14.5. The number of hydrogen-bond donors (Lipinski definition) is 3. The molecule has 0 fully saturated rings. The standard InChI is InChI=1S/C14H22N2O2/c1-10(2)13(9-17)16-14(18)8-5-11-3-6-12(15)7-4-11/h3-4,6-7,10,13,17H,5,8-9,15H2,1-2H3,(H,16,18)/t13-/m1/s1. The van der Waals surface area contributed by atoms with E-state index in [9.17, 15) is 4.79 Å². The quantitative estimate of drug-likeness (QED) is 0.667. The molecular weight excluding hydrogens is 228 g/mol. The van der Waals surface area contributed by atoms with Gasteiger partial charge >= 0.3 is 0 Å². The first-order valence-electron chi connectivity index (χ1n) is 6.27. The number of aliphatic hydroxyl groups is 1. The third-order valence-electron chi connectivity index (χ3n) is 2.97. The van der Waals surface area contributed by atoms with Crippen molar-refractivity contribution < 1.29 is 9.90 Å². The van der Waals surface area contributed by atoms with Crippen LogP contribution in [0.3, 0.4) is 0 Å². The molecule has 4 N–H and O–H groups in total. The molecule has 0 aromatic heterocycles. The van der Waals surface area contributed by atoms with E-state index in [0.29, 0.717) is 12.8 Å². The number of carbonyl (C=O) groups is 1. The van der Waals surface area contributed by atoms with Crippen LogP contribution in [0.15, 0.2) is 24.3 Å². The molecule has 1 aromatic carbocycles. The van der Waals surface area contributed by atoms with Crippen LogP contribution in [0.4, 0.5) is 5.69 Å². The zero-order valence-electron chi connectivity index (χ0n) is 11.0. The Kier molecular flexibility index (Phi) is 5.65. The van der Waals surface area contributed by atoms with Crippen LogP contribution in [-0.2, 0) is 11.2 Å². The third kappa shape index (κ3) is 4.75. The molecule has 4 heteroatoms. The highest BCUT2D eigenvalue weighted by Crippen LogP contribution is 2.08. The largest absolute Gasteiger partial charge is 0.399 e. The number of benzene rings is 1. The smallest absolute Gasteiger partial charge is 0.220 e. The lowest BCUT2D eigenvalue weighted by molar-refractivity contribution is -0.122. The highest BCUT2D eigenvalue weighted by molar-refractivity contribution is 5.76. The molecule has 0 aliphatic rings. The zero-order chi connectivity index (χ0) is 13.5. The van der Waals surface area contributed by atoms with Gasteiger partial charge in [-0.05, 0) is 30.0 Å². The molecule has 4 nitrogen and oxygen atoms in total. The third-order valence-corrected chi connectivity index (χ3v) is 2.97. The van der Waals surface area contributed by atoms with Gasteiger partial charge in [0, 0.05) is 12.1 Å². The van der Waals surface area contributed by atoms with Crippen LogP contribution in [0.2, 0.25) is 0 Å². The van der Waals surface area contributed by atoms with Crippen molar-refractivity contribution in [2.24, 2.45) is 5.92 Å². The van der Waals surface area contributed by atoms with Gasteiger partial charge in [0.05, 0.1) is 12.6 Å². The van der Waals surface area contributed by atoms with Crippen molar-refractivity contribution in [1.29, 1.82) is 0 Å². The van der Waals surface area contributed by atoms with Crippen LogP contribution in [0.5, 0.6) is 0 Å². The molecule has 0 saturated heterocycles. The maximum atomic E-state index is 11.7. The molecule has 100 valence electrons. The topological polar surface area (TPSA) is 75.3 Å². The minimum atomic E-state index is -0.163. The molecule has 18 heavy (non-hydrogen) atoms. The second-order valence-electron chi connectivity index (χ2n) is 4.84. The van der Waals surface area contributed by atoms with Gasteiger partial charge in [-0.15, -0.1) is 0 Å². The van der Waals surface area contributed by atoms with E-state index in [1.807, 2.05) is 38.1 Å². The summed E-state index contributed by atoms with van der Waals surface area (Å²) in [7, 11) is 0. The summed E-state index contributed by atoms with van der Waals surface area (Å²) < 4.78 is 0. The van der Waals surface area contributed by atoms with E-state index in [1.54, 1.807) is 0 Å². The molecule has 0 unspecified atom stereocenters. The number of nitrogen functional groups attached to an aromatic ring is 1. The van der Waals surface area contributed by atoms with Crippen LogP contribution < -0.4 is 11.1 Å². The van der Waals surface area contributed by atoms with E-state index in [4.69, 9.17) is 10.8 Å². The van der Waals surface area contributed by atoms with Gasteiger partial charge in [0.2, 0.25) is 5.91 Å². The first-order chi connectivity index (χ1) is 8.52. The van der Waals surface area contributed by atoms with Crippen molar-refractivity contribution in [2.45, 2.75) is 32.7 Å². The number of anilines is 1. The molecule has 0 saturated carbocycles. The molecule has 1 amide bonds. The highest BCUT2D eigenvalue weighted by atomic mass is 16.3. The molecule has 0 spiro atoms. The molecule has 0 bridgehead atoms. The van der Waals surface area contributed by atoms with Gasteiger partial charge < -0.3 is 16.2 Å². The number of amides is 1. The second kappa shape index (κ2) is 7.01. The van der Waals surface area contributed by atoms with Crippen LogP contribution in [0.25, 0.3) is 0 Å². The predicted molar refractivity (Wildman–Crippen MR) is 73.0 cm³/mol. The van der Waals surface area contributed by atoms with E-state index in [1.165, 1.54) is 0 Å². The Hall–Kier alpha value is -1.55. The lowest BCUT2D eigenvalue weighted by Gasteiger charge is -2.19. The van der Waals surface area contributed by atoms with Gasteiger partial charge in [0.25, 0.3) is 0 Å². The van der Waals surface area contributed by atoms with Crippen LogP contribution in [0, 0.1) is 5.92 Å². The van der Waals surface area contributed by atoms with E-state index >= 15 is 0 Å². The number of aliphatic hydroxyl groups excluding tert-OH is 1. The molecule has 1 rings (SSSR count). The lowest BCUT2D eigenvalue weighted by atomic mass is 10.0. The molecule has 0 heterocycles. The molecule has 0 aliphatic heterocycles. The molecular formula is C14H22N2O2. The van der Waals surface area contributed by atoms with Crippen molar-refractivity contribution >= 4 is 11.6 Å². The molecule has 1 atom stereocenters. The Morgan fingerprint density at radius 3 is 2.44 bits per heavy atom. The van der Waals surface area contributed by atoms with Crippen LogP contribution in [-0.4, -0.2) is 23.7 Å². The normalized spacial score (nSPS) is 12.4. The summed E-state index contributed by atoms with van der Waals surface area (Å²) >= 11 is 0. The predicted octanol–water partition coefficient (Wildman–Crippen LogP) is 1.33. The second-order valence-corrected chi connectivity index (χ2v) is 4.84. The van der Waals surface area contributed by atoms with E-state index in [-0.39, 0.29) is 24.5 Å². The minimum Gasteiger partial charge on any atom is -0.399 e. The van der Waals surface area contributed by atoms with Crippen molar-refractivity contribution in [3.05, 3.63) is 29.8 Å². The summed E-state index contributed by atoms with van der Waals surface area (Å²) in [5.41, 5.74) is 7.41. The maximum absolute atomic E-state index is 11.7. The minimum absolute atomic E-state index is 0.0225. The van der Waals surface area contributed by atoms with Gasteiger partial charge in [-0.3, -0.25) is 4.79 Å². The summed E-state index contributed by atoms with van der Waals surface area (Å²) in [6.45, 7) is 3.92. The number of carbonyl (C=O) groups excluding carboxylic acids is 1. The summed E-state index contributed by atoms with van der Waals surface area (Å²) in [6, 6.07) is 7.35. The maximum Gasteiger partial charge on any atom is 0.220 e. The summed E-state index contributed by atoms with van der Waals surface area (Å²) in [6.07, 6.45) is 1.11. The van der Waals surface area contributed by atoms with E-state index in [0.717, 1.165) is 11.3 Å². The number of nitrogens with two attached hydrogens (primary N) is 1. The van der Waals surface area contributed by atoms with Crippen molar-refractivity contribution in [1.82, 2.24) is 5.32 Å². The van der Waals surface area contributed by atoms with Crippen LogP contribution in [0.1, 0.15) is 25.8 Å². The SMILES string of the molecule is CC(C)[C@@H](CO)NC(=O)CCc1ccc(N)cc1. The van der Waals surface area contributed by atoms with E-state index < -0.39 is 0 Å². The summed E-state index contributed by atoms with van der Waals surface area (Å²) in [5.74, 6) is 0.204. The highest BCUT2D eigenvalue weighted by Gasteiger charge is 2.14. The zero-order valence-corrected chi connectivity index (χ0v) is 11.0. The van der Waals surface area contributed by atoms with E-state index in [2.05, 4.69) is 5.32 Å². The Morgan fingerprint density at radius 2 is 1.94 bits per heavy atom. The average molecular weight is 250 g/mol. The van der Waals surface area contributed by atoms with Crippen molar-refractivity contribution in [3.63, 3.8) is 0 Å². The Morgan fingerprint density at radius 1 is 1.33 bits per heavy atom. The van der Waals surface area contributed by atoms with Crippen molar-refractivity contribution in [3.8, 4) is 0 Å². The first-order valence-corrected chi connectivity index (χ1v) is 6.27. The summed E-state index contributed by atoms with van der Waals surface area (Å²) in [5, 5.41) is 12.0. The molecule has 0 radical (unpaired) electrons. The van der Waals surface area contributed by atoms with Gasteiger partial charge in [0.1, 0.15) is 0 Å². The Labute approximate surface area is 108 Å². The Bertz CT molecular complexity index is 374. The molecule has 0 aliphatic carbocycles. The number of aryl methyl sites for hydroxylation is 1. The molecule has 1 aromatic rings. The number of rotatable bonds is 6. The van der Waals surface area contributed by atoms with Gasteiger partial charge in [-0.25, -0.2) is 0 Å². The van der Waals surface area contributed by atoms with Gasteiger partial charge in [-0.1, -0.05) is 26.0 Å². The fraction of sp³-hybridized carbons (Fsp3) is 0.500. The Balaban J connectivity index is 2.39. The fourth-order valence-corrected chi connectivity index (χ4v) is 1.64. The number of nitrogens with one attached hydrogen (secondary N) is 1. The lowest BCUT2D eigenvalue weighted by Crippen LogP contribution is -2.41. The van der Waals surface area contributed by atoms with Crippen LogP contribution >= 0.6 is 0 Å². The van der Waals surface area contributed by atoms with Gasteiger partial charge in [-0.2, -0.15) is 0 Å². The number of hydrogen-bond acceptors (Lipinski definition) is 3. The van der Waals surface area contributed by atoms with Crippen molar-refractivity contribution in [2.75, 3.05) is 12.3 Å². The monoisotopic (exact) mass is 250 g/mol. The van der Waals surface area contributed by atoms with Gasteiger partial charge in [0.15, 0.2) is 0 Å².